The number of hydrogen-bond donors (Lipinski definition) is 0. The van der Waals surface area contributed by atoms with Crippen LogP contribution in [0.15, 0.2) is 30.2 Å². The molecule has 0 bridgehead atoms. The normalized spacial score (nSPS) is 11.0. The van der Waals surface area contributed by atoms with Gasteiger partial charge in [0, 0.05) is 4.88 Å². The van der Waals surface area contributed by atoms with Crippen molar-refractivity contribution in [1.29, 1.82) is 0 Å². The summed E-state index contributed by atoms with van der Waals surface area (Å²) in [4.78, 5) is 1.56. The van der Waals surface area contributed by atoms with E-state index in [1.807, 2.05) is 17.4 Å². The van der Waals surface area contributed by atoms with Gasteiger partial charge < -0.3 is 0 Å². The Morgan fingerprint density at radius 3 is 1.61 bits per heavy atom. The predicted octanol–water partition coefficient (Wildman–Crippen LogP) is 8.33. The van der Waals surface area contributed by atoms with Gasteiger partial charge in [-0.2, -0.15) is 0 Å². The molecule has 0 aliphatic heterocycles. The first kappa shape index (κ1) is 20.5. The molecule has 23 heavy (non-hydrogen) atoms. The molecule has 0 aliphatic carbocycles. The van der Waals surface area contributed by atoms with Gasteiger partial charge in [0.15, 0.2) is 0 Å². The van der Waals surface area contributed by atoms with Gasteiger partial charge in [-0.05, 0) is 37.1 Å². The quantitative estimate of drug-likeness (QED) is 0.198. The standard InChI is InChI=1S/C22H38S/c1-2-3-4-5-6-7-8-9-10-11-12-13-14-15-16-17-19-22-20-18-21-23-22/h2,18,20-21H,1,3-17,19H2. The average molecular weight is 335 g/mol. The Kier molecular flexibility index (Phi) is 14.5. The molecule has 132 valence electrons. The van der Waals surface area contributed by atoms with Gasteiger partial charge in [0.05, 0.1) is 0 Å². The van der Waals surface area contributed by atoms with Gasteiger partial charge in [0.25, 0.3) is 0 Å². The van der Waals surface area contributed by atoms with Crippen molar-refractivity contribution >= 4 is 11.3 Å². The number of aryl methyl sites for hydroxylation is 1. The summed E-state index contributed by atoms with van der Waals surface area (Å²) in [7, 11) is 0. The highest BCUT2D eigenvalue weighted by Crippen LogP contribution is 2.15. The second kappa shape index (κ2) is 16.3. The molecule has 0 atom stereocenters. The molecule has 1 heteroatoms. The Morgan fingerprint density at radius 2 is 1.17 bits per heavy atom. The molecule has 1 heterocycles. The zero-order valence-electron chi connectivity index (χ0n) is 15.2. The molecule has 1 rings (SSSR count). The summed E-state index contributed by atoms with van der Waals surface area (Å²) in [6.07, 6.45) is 24.6. The SMILES string of the molecule is C=CCCCCCCCCCCCCCCCCc1cccs1. The van der Waals surface area contributed by atoms with Crippen LogP contribution in [0.1, 0.15) is 101 Å². The highest BCUT2D eigenvalue weighted by Gasteiger charge is 1.96. The average Bonchev–Trinajstić information content (AvgIpc) is 3.08. The van der Waals surface area contributed by atoms with Crippen LogP contribution in [0.5, 0.6) is 0 Å². The molecule has 0 fully saturated rings. The van der Waals surface area contributed by atoms with Crippen LogP contribution >= 0.6 is 11.3 Å². The van der Waals surface area contributed by atoms with Gasteiger partial charge in [0.2, 0.25) is 0 Å². The minimum atomic E-state index is 1.20. The van der Waals surface area contributed by atoms with Crippen molar-refractivity contribution in [2.45, 2.75) is 103 Å². The van der Waals surface area contributed by atoms with Crippen LogP contribution in [0.25, 0.3) is 0 Å². The molecular weight excluding hydrogens is 296 g/mol. The summed E-state index contributed by atoms with van der Waals surface area (Å²) in [6, 6.07) is 4.44. The maximum Gasteiger partial charge on any atom is 0.00452 e. The summed E-state index contributed by atoms with van der Waals surface area (Å²) >= 11 is 1.91. The minimum absolute atomic E-state index is 1.20. The molecule has 1 aromatic heterocycles. The Hall–Kier alpha value is -0.560. The lowest BCUT2D eigenvalue weighted by Crippen LogP contribution is -1.84. The maximum atomic E-state index is 3.77. The fourth-order valence-electron chi connectivity index (χ4n) is 3.16. The molecule has 0 unspecified atom stereocenters. The van der Waals surface area contributed by atoms with Crippen molar-refractivity contribution < 1.29 is 0 Å². The minimum Gasteiger partial charge on any atom is -0.149 e. The monoisotopic (exact) mass is 334 g/mol. The number of unbranched alkanes of at least 4 members (excludes halogenated alkanes) is 14. The van der Waals surface area contributed by atoms with Crippen LogP contribution < -0.4 is 0 Å². The van der Waals surface area contributed by atoms with Crippen molar-refractivity contribution in [2.24, 2.45) is 0 Å². The fraction of sp³-hybridized carbons (Fsp3) is 0.727. The van der Waals surface area contributed by atoms with Gasteiger partial charge in [0.1, 0.15) is 0 Å². The molecule has 0 N–H and O–H groups in total. The Balaban J connectivity index is 1.67. The second-order valence-electron chi connectivity index (χ2n) is 6.86. The fourth-order valence-corrected chi connectivity index (χ4v) is 3.92. The summed E-state index contributed by atoms with van der Waals surface area (Å²) in [5.41, 5.74) is 0. The lowest BCUT2D eigenvalue weighted by molar-refractivity contribution is 0.534. The number of thiophene rings is 1. The van der Waals surface area contributed by atoms with Crippen LogP contribution in [0, 0.1) is 0 Å². The van der Waals surface area contributed by atoms with E-state index in [4.69, 9.17) is 0 Å². The number of allylic oxidation sites excluding steroid dienone is 1. The van der Waals surface area contributed by atoms with E-state index >= 15 is 0 Å². The van der Waals surface area contributed by atoms with Crippen molar-refractivity contribution in [3.05, 3.63) is 35.0 Å². The molecule has 0 nitrogen and oxygen atoms in total. The van der Waals surface area contributed by atoms with Gasteiger partial charge in [-0.15, -0.1) is 17.9 Å². The van der Waals surface area contributed by atoms with Crippen LogP contribution in [-0.4, -0.2) is 0 Å². The van der Waals surface area contributed by atoms with Crippen LogP contribution in [-0.2, 0) is 6.42 Å². The first-order valence-electron chi connectivity index (χ1n) is 10.1. The van der Waals surface area contributed by atoms with Crippen LogP contribution in [0.4, 0.5) is 0 Å². The number of rotatable bonds is 17. The van der Waals surface area contributed by atoms with Crippen molar-refractivity contribution in [3.8, 4) is 0 Å². The summed E-state index contributed by atoms with van der Waals surface area (Å²) < 4.78 is 0. The lowest BCUT2D eigenvalue weighted by atomic mass is 10.0. The van der Waals surface area contributed by atoms with E-state index in [1.54, 1.807) is 4.88 Å². The third kappa shape index (κ3) is 13.6. The van der Waals surface area contributed by atoms with Gasteiger partial charge in [-0.1, -0.05) is 89.2 Å². The molecular formula is C22H38S. The highest BCUT2D eigenvalue weighted by molar-refractivity contribution is 7.09. The van der Waals surface area contributed by atoms with Gasteiger partial charge >= 0.3 is 0 Å². The van der Waals surface area contributed by atoms with E-state index in [2.05, 4.69) is 24.1 Å². The molecule has 0 saturated heterocycles. The molecule has 0 saturated carbocycles. The Bertz CT molecular complexity index is 339. The smallest absolute Gasteiger partial charge is 0.00452 e. The van der Waals surface area contributed by atoms with E-state index in [-0.39, 0.29) is 0 Å². The van der Waals surface area contributed by atoms with E-state index < -0.39 is 0 Å². The first-order chi connectivity index (χ1) is 11.4. The van der Waals surface area contributed by atoms with E-state index in [0.29, 0.717) is 0 Å². The van der Waals surface area contributed by atoms with Crippen molar-refractivity contribution in [3.63, 3.8) is 0 Å². The largest absolute Gasteiger partial charge is 0.149 e. The van der Waals surface area contributed by atoms with E-state index in [1.165, 1.54) is 103 Å². The molecule has 0 radical (unpaired) electrons. The lowest BCUT2D eigenvalue weighted by Gasteiger charge is -2.03. The van der Waals surface area contributed by atoms with E-state index in [0.717, 1.165) is 0 Å². The van der Waals surface area contributed by atoms with E-state index in [9.17, 15) is 0 Å². The predicted molar refractivity (Wildman–Crippen MR) is 107 cm³/mol. The van der Waals surface area contributed by atoms with Gasteiger partial charge in [-0.3, -0.25) is 0 Å². The van der Waals surface area contributed by atoms with Crippen molar-refractivity contribution in [1.82, 2.24) is 0 Å². The summed E-state index contributed by atoms with van der Waals surface area (Å²) in [5.74, 6) is 0. The summed E-state index contributed by atoms with van der Waals surface area (Å²) in [5, 5.41) is 2.19. The third-order valence-corrected chi connectivity index (χ3v) is 5.60. The van der Waals surface area contributed by atoms with Gasteiger partial charge in [-0.25, -0.2) is 0 Å². The molecule has 0 amide bonds. The topological polar surface area (TPSA) is 0 Å². The molecule has 1 aromatic rings. The summed E-state index contributed by atoms with van der Waals surface area (Å²) in [6.45, 7) is 3.77. The van der Waals surface area contributed by atoms with Crippen molar-refractivity contribution in [2.75, 3.05) is 0 Å². The van der Waals surface area contributed by atoms with Crippen LogP contribution in [0.2, 0.25) is 0 Å². The molecule has 0 aliphatic rings. The first-order valence-corrected chi connectivity index (χ1v) is 10.9. The highest BCUT2D eigenvalue weighted by atomic mass is 32.1. The zero-order chi connectivity index (χ0) is 16.4. The zero-order valence-corrected chi connectivity index (χ0v) is 16.1. The van der Waals surface area contributed by atoms with Crippen LogP contribution in [0.3, 0.4) is 0 Å². The molecule has 0 spiro atoms. The number of hydrogen-bond acceptors (Lipinski definition) is 1. The Labute approximate surface area is 149 Å². The second-order valence-corrected chi connectivity index (χ2v) is 7.89. The maximum absolute atomic E-state index is 3.77. The third-order valence-electron chi connectivity index (χ3n) is 4.66. The molecule has 0 aromatic carbocycles. The Morgan fingerprint density at radius 1 is 0.696 bits per heavy atom.